The Labute approximate surface area is 181 Å². The minimum atomic E-state index is -0.281. The Kier molecular flexibility index (Phi) is 7.11. The molecule has 1 saturated heterocycles. The van der Waals surface area contributed by atoms with Crippen LogP contribution >= 0.6 is 11.6 Å². The van der Waals surface area contributed by atoms with E-state index in [-0.39, 0.29) is 36.1 Å². The molecule has 7 heteroatoms. The minimum Gasteiger partial charge on any atom is -0.494 e. The lowest BCUT2D eigenvalue weighted by atomic mass is 10.00. The van der Waals surface area contributed by atoms with Gasteiger partial charge in [0.15, 0.2) is 5.78 Å². The molecule has 0 unspecified atom stereocenters. The Morgan fingerprint density at radius 3 is 2.43 bits per heavy atom. The number of hydrogen-bond acceptors (Lipinski definition) is 4. The molecule has 2 aromatic carbocycles. The molecule has 30 heavy (non-hydrogen) atoms. The molecule has 2 amide bonds. The van der Waals surface area contributed by atoms with Crippen molar-refractivity contribution in [1.82, 2.24) is 10.2 Å². The van der Waals surface area contributed by atoms with Crippen molar-refractivity contribution in [3.63, 3.8) is 0 Å². The van der Waals surface area contributed by atoms with E-state index in [0.29, 0.717) is 35.8 Å². The number of halogens is 1. The van der Waals surface area contributed by atoms with E-state index in [2.05, 4.69) is 5.32 Å². The van der Waals surface area contributed by atoms with Gasteiger partial charge in [-0.3, -0.25) is 14.4 Å². The molecule has 0 spiro atoms. The van der Waals surface area contributed by atoms with Gasteiger partial charge in [-0.25, -0.2) is 0 Å². The first-order valence-corrected chi connectivity index (χ1v) is 10.3. The van der Waals surface area contributed by atoms with Crippen LogP contribution in [0.1, 0.15) is 48.1 Å². The lowest BCUT2D eigenvalue weighted by Gasteiger charge is -2.26. The highest BCUT2D eigenvalue weighted by molar-refractivity contribution is 6.30. The van der Waals surface area contributed by atoms with Gasteiger partial charge in [0.05, 0.1) is 18.7 Å². The lowest BCUT2D eigenvalue weighted by molar-refractivity contribution is -0.127. The molecule has 0 bridgehead atoms. The zero-order chi connectivity index (χ0) is 21.7. The van der Waals surface area contributed by atoms with E-state index < -0.39 is 0 Å². The molecule has 0 aliphatic carbocycles. The van der Waals surface area contributed by atoms with Crippen LogP contribution in [0.15, 0.2) is 48.5 Å². The van der Waals surface area contributed by atoms with Gasteiger partial charge >= 0.3 is 0 Å². The maximum absolute atomic E-state index is 12.4. The summed E-state index contributed by atoms with van der Waals surface area (Å²) in [6, 6.07) is 13.8. The fourth-order valence-corrected chi connectivity index (χ4v) is 3.73. The van der Waals surface area contributed by atoms with E-state index in [4.69, 9.17) is 16.3 Å². The molecule has 1 aliphatic rings. The van der Waals surface area contributed by atoms with Gasteiger partial charge in [-0.1, -0.05) is 23.7 Å². The first kappa shape index (κ1) is 21.8. The first-order valence-electron chi connectivity index (χ1n) is 9.89. The number of carbonyl (C=O) groups excluding carboxylic acids is 3. The van der Waals surface area contributed by atoms with Crippen LogP contribution in [0.4, 0.5) is 0 Å². The van der Waals surface area contributed by atoms with E-state index in [1.165, 1.54) is 6.92 Å². The van der Waals surface area contributed by atoms with Crippen molar-refractivity contribution in [2.24, 2.45) is 0 Å². The van der Waals surface area contributed by atoms with Gasteiger partial charge in [0.1, 0.15) is 5.75 Å². The summed E-state index contributed by atoms with van der Waals surface area (Å²) in [7, 11) is 1.75. The van der Waals surface area contributed by atoms with Crippen molar-refractivity contribution in [2.45, 2.75) is 38.3 Å². The quantitative estimate of drug-likeness (QED) is 0.512. The van der Waals surface area contributed by atoms with Crippen LogP contribution in [0.2, 0.25) is 5.02 Å². The summed E-state index contributed by atoms with van der Waals surface area (Å²) in [5, 5.41) is 3.62. The van der Waals surface area contributed by atoms with Crippen molar-refractivity contribution in [3.05, 3.63) is 64.7 Å². The number of nitrogens with zero attached hydrogens (tertiary/aromatic N) is 1. The Balaban J connectivity index is 1.49. The molecule has 2 aromatic rings. The summed E-state index contributed by atoms with van der Waals surface area (Å²) in [6.07, 6.45) is 1.12. The van der Waals surface area contributed by atoms with Gasteiger partial charge in [0.25, 0.3) is 0 Å². The topological polar surface area (TPSA) is 75.7 Å². The normalized spacial score (nSPS) is 18.4. The molecule has 1 fully saturated rings. The second-order valence-corrected chi connectivity index (χ2v) is 7.85. The molecule has 1 aliphatic heterocycles. The standard InChI is InChI=1S/C23H25ClN2O4/c1-15(27)16-7-11-19(12-8-16)30-13-3-4-21(28)25-20-14-22(29)26(2)23(20)17-5-9-18(24)10-6-17/h5-12,20,23H,3-4,13-14H2,1-2H3,(H,25,28)/t20-,23-/m0/s1. The Bertz CT molecular complexity index is 912. The predicted octanol–water partition coefficient (Wildman–Crippen LogP) is 3.79. The number of hydrogen-bond donors (Lipinski definition) is 1. The van der Waals surface area contributed by atoms with E-state index in [9.17, 15) is 14.4 Å². The highest BCUT2D eigenvalue weighted by atomic mass is 35.5. The van der Waals surface area contributed by atoms with Gasteiger partial charge in [-0.2, -0.15) is 0 Å². The van der Waals surface area contributed by atoms with Gasteiger partial charge in [-0.15, -0.1) is 0 Å². The SMILES string of the molecule is CC(=O)c1ccc(OCCCC(=O)N[C@H]2CC(=O)N(C)[C@H]2c2ccc(Cl)cc2)cc1. The zero-order valence-electron chi connectivity index (χ0n) is 17.1. The highest BCUT2D eigenvalue weighted by Crippen LogP contribution is 2.32. The number of benzene rings is 2. The molecule has 0 aromatic heterocycles. The number of likely N-dealkylation sites (tertiary alicyclic amines) is 1. The summed E-state index contributed by atoms with van der Waals surface area (Å²) >= 11 is 5.96. The third kappa shape index (κ3) is 5.39. The fourth-order valence-electron chi connectivity index (χ4n) is 3.60. The van der Waals surface area contributed by atoms with Crippen LogP contribution in [-0.2, 0) is 9.59 Å². The fraction of sp³-hybridized carbons (Fsp3) is 0.348. The van der Waals surface area contributed by atoms with Crippen LogP contribution in [0.25, 0.3) is 0 Å². The molecule has 0 radical (unpaired) electrons. The summed E-state index contributed by atoms with van der Waals surface area (Å²) in [4.78, 5) is 37.6. The second kappa shape index (κ2) is 9.76. The largest absolute Gasteiger partial charge is 0.494 e. The average Bonchev–Trinajstić information content (AvgIpc) is 2.99. The maximum atomic E-state index is 12.4. The smallest absolute Gasteiger partial charge is 0.225 e. The van der Waals surface area contributed by atoms with Crippen LogP contribution < -0.4 is 10.1 Å². The second-order valence-electron chi connectivity index (χ2n) is 7.41. The summed E-state index contributed by atoms with van der Waals surface area (Å²) < 4.78 is 5.63. The molecule has 3 rings (SSSR count). The number of rotatable bonds is 8. The van der Waals surface area contributed by atoms with Crippen LogP contribution in [0.3, 0.4) is 0 Å². The number of Topliss-reactive ketones (excluding diaryl/α,β-unsaturated/α-hetero) is 1. The first-order chi connectivity index (χ1) is 14.3. The van der Waals surface area contributed by atoms with E-state index in [1.807, 2.05) is 12.1 Å². The van der Waals surface area contributed by atoms with Crippen molar-refractivity contribution >= 4 is 29.2 Å². The Morgan fingerprint density at radius 1 is 1.13 bits per heavy atom. The number of ketones is 1. The molecule has 1 heterocycles. The number of nitrogens with one attached hydrogen (secondary N) is 1. The minimum absolute atomic E-state index is 0.00223. The van der Waals surface area contributed by atoms with Crippen molar-refractivity contribution in [2.75, 3.05) is 13.7 Å². The molecule has 0 saturated carbocycles. The summed E-state index contributed by atoms with van der Waals surface area (Å²) in [6.45, 7) is 1.90. The van der Waals surface area contributed by atoms with Gasteiger partial charge < -0.3 is 15.0 Å². The molecule has 6 nitrogen and oxygen atoms in total. The average molecular weight is 429 g/mol. The zero-order valence-corrected chi connectivity index (χ0v) is 17.8. The lowest BCUT2D eigenvalue weighted by Crippen LogP contribution is -2.39. The van der Waals surface area contributed by atoms with Gasteiger partial charge in [0, 0.05) is 30.5 Å². The van der Waals surface area contributed by atoms with Gasteiger partial charge in [-0.05, 0) is 55.3 Å². The Morgan fingerprint density at radius 2 is 1.80 bits per heavy atom. The van der Waals surface area contributed by atoms with E-state index in [0.717, 1.165) is 5.56 Å². The molecule has 158 valence electrons. The van der Waals surface area contributed by atoms with Crippen LogP contribution in [0, 0.1) is 0 Å². The maximum Gasteiger partial charge on any atom is 0.225 e. The third-order valence-corrected chi connectivity index (χ3v) is 5.47. The Hall–Kier alpha value is -2.86. The van der Waals surface area contributed by atoms with Crippen LogP contribution in [-0.4, -0.2) is 42.2 Å². The van der Waals surface area contributed by atoms with Crippen molar-refractivity contribution < 1.29 is 19.1 Å². The third-order valence-electron chi connectivity index (χ3n) is 5.22. The van der Waals surface area contributed by atoms with Crippen molar-refractivity contribution in [1.29, 1.82) is 0 Å². The van der Waals surface area contributed by atoms with Crippen molar-refractivity contribution in [3.8, 4) is 5.75 Å². The van der Waals surface area contributed by atoms with E-state index >= 15 is 0 Å². The summed E-state index contributed by atoms with van der Waals surface area (Å²) in [5.41, 5.74) is 1.57. The van der Waals surface area contributed by atoms with Gasteiger partial charge in [0.2, 0.25) is 11.8 Å². The molecular weight excluding hydrogens is 404 g/mol. The molecule has 2 atom stereocenters. The number of ether oxygens (including phenoxy) is 1. The predicted molar refractivity (Wildman–Crippen MR) is 115 cm³/mol. The monoisotopic (exact) mass is 428 g/mol. The van der Waals surface area contributed by atoms with E-state index in [1.54, 1.807) is 48.3 Å². The number of carbonyl (C=O) groups is 3. The summed E-state index contributed by atoms with van der Waals surface area (Å²) in [5.74, 6) is 0.549. The molecule has 1 N–H and O–H groups in total. The molecular formula is C23H25ClN2O4. The number of amides is 2. The van der Waals surface area contributed by atoms with Crippen LogP contribution in [0.5, 0.6) is 5.75 Å². The number of likely N-dealkylation sites (N-methyl/N-ethyl adjacent to an activating group) is 1. The highest BCUT2D eigenvalue weighted by Gasteiger charge is 2.39.